The molecule has 2 heterocycles. The summed E-state index contributed by atoms with van der Waals surface area (Å²) in [5.74, 6) is -0.455. The maximum absolute atomic E-state index is 13.5. The number of fused-ring (bicyclic) bond motifs is 3. The van der Waals surface area contributed by atoms with E-state index >= 15 is 0 Å². The van der Waals surface area contributed by atoms with Gasteiger partial charge in [-0.25, -0.2) is 4.39 Å². The van der Waals surface area contributed by atoms with Gasteiger partial charge in [0.05, 0.1) is 6.61 Å². The van der Waals surface area contributed by atoms with Crippen LogP contribution in [0.3, 0.4) is 0 Å². The van der Waals surface area contributed by atoms with E-state index in [1.165, 1.54) is 0 Å². The minimum absolute atomic E-state index is 0.168. The Labute approximate surface area is 83.0 Å². The Kier molecular flexibility index (Phi) is 2.72. The topological polar surface area (TPSA) is 38.3 Å². The molecule has 4 atom stereocenters. The van der Waals surface area contributed by atoms with Crippen LogP contribution in [0.15, 0.2) is 0 Å². The van der Waals surface area contributed by atoms with E-state index in [9.17, 15) is 9.18 Å². The van der Waals surface area contributed by atoms with Gasteiger partial charge in [-0.15, -0.1) is 0 Å². The second-order valence-electron chi connectivity index (χ2n) is 4.09. The molecular weight excluding hydrogens is 185 g/mol. The van der Waals surface area contributed by atoms with Crippen molar-refractivity contribution in [3.63, 3.8) is 0 Å². The number of alkyl halides is 1. The van der Waals surface area contributed by atoms with Crippen LogP contribution in [-0.4, -0.2) is 30.8 Å². The summed E-state index contributed by atoms with van der Waals surface area (Å²) < 4.78 is 18.4. The molecule has 1 N–H and O–H groups in total. The summed E-state index contributed by atoms with van der Waals surface area (Å²) in [6.07, 6.45) is 1.52. The second kappa shape index (κ2) is 3.85. The van der Waals surface area contributed by atoms with E-state index in [1.54, 1.807) is 6.92 Å². The van der Waals surface area contributed by atoms with Gasteiger partial charge in [-0.1, -0.05) is 0 Å². The smallest absolute Gasteiger partial charge is 0.323 e. The fraction of sp³-hybridized carbons (Fsp3) is 0.900. The lowest BCUT2D eigenvalue weighted by Gasteiger charge is -2.44. The van der Waals surface area contributed by atoms with Crippen molar-refractivity contribution in [2.75, 3.05) is 6.61 Å². The van der Waals surface area contributed by atoms with Crippen molar-refractivity contribution in [1.29, 1.82) is 0 Å². The Bertz CT molecular complexity index is 234. The summed E-state index contributed by atoms with van der Waals surface area (Å²) in [4.78, 5) is 11.5. The number of carbonyl (C=O) groups is 1. The Morgan fingerprint density at radius 2 is 2.36 bits per heavy atom. The summed E-state index contributed by atoms with van der Waals surface area (Å²) >= 11 is 0. The number of nitrogens with one attached hydrogen (secondary N) is 1. The zero-order chi connectivity index (χ0) is 10.1. The number of esters is 1. The molecule has 0 aromatic rings. The molecule has 0 spiro atoms. The van der Waals surface area contributed by atoms with Gasteiger partial charge in [0.15, 0.2) is 0 Å². The van der Waals surface area contributed by atoms with Crippen molar-refractivity contribution in [2.45, 2.75) is 44.4 Å². The highest BCUT2D eigenvalue weighted by Crippen LogP contribution is 2.35. The van der Waals surface area contributed by atoms with E-state index in [1.807, 2.05) is 0 Å². The molecule has 0 amide bonds. The number of ether oxygens (including phenoxy) is 1. The van der Waals surface area contributed by atoms with Gasteiger partial charge in [0, 0.05) is 12.0 Å². The van der Waals surface area contributed by atoms with Crippen LogP contribution in [-0.2, 0) is 9.53 Å². The Balaban J connectivity index is 2.03. The standard InChI is InChI=1S/C10H16FNO2/c1-2-14-10(13)9-7-4-3-6(12-9)5-8(7)11/h6-9,12H,2-5H2,1H3/t6-,7-,8+,9+/m1/s1. The normalized spacial score (nSPS) is 41.0. The third kappa shape index (κ3) is 1.63. The van der Waals surface area contributed by atoms with Crippen LogP contribution in [0.4, 0.5) is 4.39 Å². The third-order valence-corrected chi connectivity index (χ3v) is 3.21. The molecule has 80 valence electrons. The van der Waals surface area contributed by atoms with Crippen molar-refractivity contribution in [1.82, 2.24) is 5.32 Å². The van der Waals surface area contributed by atoms with Crippen LogP contribution in [0.5, 0.6) is 0 Å². The molecule has 14 heavy (non-hydrogen) atoms. The molecule has 0 radical (unpaired) electrons. The lowest BCUT2D eigenvalue weighted by atomic mass is 9.75. The Morgan fingerprint density at radius 1 is 1.57 bits per heavy atom. The largest absolute Gasteiger partial charge is 0.465 e. The van der Waals surface area contributed by atoms with Gasteiger partial charge >= 0.3 is 5.97 Å². The molecule has 2 bridgehead atoms. The predicted molar refractivity (Wildman–Crippen MR) is 49.6 cm³/mol. The van der Waals surface area contributed by atoms with Gasteiger partial charge in [0.2, 0.25) is 0 Å². The number of rotatable bonds is 2. The fourth-order valence-corrected chi connectivity index (χ4v) is 2.52. The molecule has 4 heteroatoms. The number of carbonyl (C=O) groups excluding carboxylic acids is 1. The van der Waals surface area contributed by atoms with E-state index in [0.717, 1.165) is 12.8 Å². The number of piperidine rings is 2. The van der Waals surface area contributed by atoms with Crippen molar-refractivity contribution >= 4 is 5.97 Å². The third-order valence-electron chi connectivity index (χ3n) is 3.21. The molecule has 1 saturated carbocycles. The van der Waals surface area contributed by atoms with E-state index in [0.29, 0.717) is 13.0 Å². The summed E-state index contributed by atoms with van der Waals surface area (Å²) in [7, 11) is 0. The lowest BCUT2D eigenvalue weighted by Crippen LogP contribution is -2.60. The average molecular weight is 201 g/mol. The lowest BCUT2D eigenvalue weighted by molar-refractivity contribution is -0.151. The molecular formula is C10H16FNO2. The van der Waals surface area contributed by atoms with Crippen LogP contribution < -0.4 is 5.32 Å². The number of halogens is 1. The second-order valence-corrected chi connectivity index (χ2v) is 4.09. The van der Waals surface area contributed by atoms with Crippen LogP contribution in [0.25, 0.3) is 0 Å². The molecule has 0 aromatic carbocycles. The number of hydrogen-bond donors (Lipinski definition) is 1. The first-order valence-electron chi connectivity index (χ1n) is 5.29. The average Bonchev–Trinajstić information content (AvgIpc) is 2.18. The molecule has 2 aliphatic heterocycles. The van der Waals surface area contributed by atoms with Gasteiger partial charge in [0.1, 0.15) is 12.2 Å². The Morgan fingerprint density at radius 3 is 2.93 bits per heavy atom. The highest BCUT2D eigenvalue weighted by atomic mass is 19.1. The van der Waals surface area contributed by atoms with E-state index in [2.05, 4.69) is 5.32 Å². The zero-order valence-electron chi connectivity index (χ0n) is 8.33. The van der Waals surface area contributed by atoms with Crippen molar-refractivity contribution in [3.8, 4) is 0 Å². The van der Waals surface area contributed by atoms with Crippen molar-refractivity contribution < 1.29 is 13.9 Å². The maximum atomic E-state index is 13.5. The van der Waals surface area contributed by atoms with Crippen molar-refractivity contribution in [2.24, 2.45) is 5.92 Å². The van der Waals surface area contributed by atoms with Crippen LogP contribution in [0.2, 0.25) is 0 Å². The highest BCUT2D eigenvalue weighted by Gasteiger charge is 2.45. The molecule has 3 nitrogen and oxygen atoms in total. The zero-order valence-corrected chi connectivity index (χ0v) is 8.33. The monoisotopic (exact) mass is 201 g/mol. The molecule has 0 unspecified atom stereocenters. The van der Waals surface area contributed by atoms with Gasteiger partial charge < -0.3 is 10.1 Å². The summed E-state index contributed by atoms with van der Waals surface area (Å²) in [6, 6.07) is -0.234. The first kappa shape index (κ1) is 9.90. The van der Waals surface area contributed by atoms with E-state index < -0.39 is 12.2 Å². The van der Waals surface area contributed by atoms with Crippen LogP contribution in [0, 0.1) is 5.92 Å². The SMILES string of the molecule is CCOC(=O)[C@H]1N[C@@H]2CC[C@@H]1[C@@H](F)C2. The maximum Gasteiger partial charge on any atom is 0.323 e. The van der Waals surface area contributed by atoms with E-state index in [-0.39, 0.29) is 17.9 Å². The molecule has 1 aliphatic carbocycles. The summed E-state index contributed by atoms with van der Waals surface area (Å²) in [6.45, 7) is 2.14. The van der Waals surface area contributed by atoms with Crippen LogP contribution >= 0.6 is 0 Å². The summed E-state index contributed by atoms with van der Waals surface area (Å²) in [5.41, 5.74) is 0. The number of hydrogen-bond acceptors (Lipinski definition) is 3. The minimum Gasteiger partial charge on any atom is -0.465 e. The first-order chi connectivity index (χ1) is 6.72. The van der Waals surface area contributed by atoms with Crippen molar-refractivity contribution in [3.05, 3.63) is 0 Å². The fourth-order valence-electron chi connectivity index (χ4n) is 2.52. The molecule has 0 aromatic heterocycles. The predicted octanol–water partition coefficient (Wildman–Crippen LogP) is 1.03. The van der Waals surface area contributed by atoms with Crippen LogP contribution in [0.1, 0.15) is 26.2 Å². The minimum atomic E-state index is -0.829. The molecule has 2 saturated heterocycles. The van der Waals surface area contributed by atoms with E-state index in [4.69, 9.17) is 4.74 Å². The quantitative estimate of drug-likeness (QED) is 0.678. The van der Waals surface area contributed by atoms with Gasteiger partial charge in [-0.2, -0.15) is 0 Å². The van der Waals surface area contributed by atoms with Gasteiger partial charge in [-0.05, 0) is 26.2 Å². The van der Waals surface area contributed by atoms with Gasteiger partial charge in [-0.3, -0.25) is 4.79 Å². The molecule has 3 fully saturated rings. The molecule has 3 rings (SSSR count). The first-order valence-corrected chi connectivity index (χ1v) is 5.29. The summed E-state index contributed by atoms with van der Waals surface area (Å²) in [5, 5.41) is 3.15. The highest BCUT2D eigenvalue weighted by molar-refractivity contribution is 5.76. The Hall–Kier alpha value is -0.640. The molecule has 3 aliphatic rings. The van der Waals surface area contributed by atoms with Gasteiger partial charge in [0.25, 0.3) is 0 Å².